The molecule has 4 rings (SSSR count). The normalized spacial score (nSPS) is 19.1. The number of carbonyl (C=O) groups is 1. The van der Waals surface area contributed by atoms with Gasteiger partial charge < -0.3 is 24.8 Å². The zero-order valence-electron chi connectivity index (χ0n) is 27.4. The highest BCUT2D eigenvalue weighted by molar-refractivity contribution is 7.90. The van der Waals surface area contributed by atoms with Crippen LogP contribution in [0.4, 0.5) is 17.3 Å². The number of ether oxygens (including phenoxy) is 3. The predicted molar refractivity (Wildman–Crippen MR) is 129 cm³/mol. The van der Waals surface area contributed by atoms with Crippen LogP contribution in [0.25, 0.3) is 11.3 Å². The van der Waals surface area contributed by atoms with Crippen LogP contribution in [-0.4, -0.2) is 54.8 Å². The van der Waals surface area contributed by atoms with Gasteiger partial charge in [-0.05, 0) is 25.8 Å². The summed E-state index contributed by atoms with van der Waals surface area (Å²) in [5, 5.41) is 4.87. The number of pyridine rings is 3. The molecule has 1 aliphatic heterocycles. The highest BCUT2D eigenvalue weighted by Gasteiger charge is 2.29. The van der Waals surface area contributed by atoms with E-state index in [9.17, 15) is 13.2 Å². The molecule has 35 heavy (non-hydrogen) atoms. The van der Waals surface area contributed by atoms with Crippen LogP contribution in [0.15, 0.2) is 41.6 Å². The van der Waals surface area contributed by atoms with Crippen LogP contribution < -0.4 is 24.8 Å². The van der Waals surface area contributed by atoms with E-state index in [0.717, 1.165) is 18.4 Å². The predicted octanol–water partition coefficient (Wildman–Crippen LogP) is 3.20. The molecule has 0 bridgehead atoms. The number of carbonyl (C=O) groups excluding carboxylic acids is 1. The summed E-state index contributed by atoms with van der Waals surface area (Å²) in [5.41, 5.74) is -2.13. The van der Waals surface area contributed by atoms with E-state index in [1.165, 1.54) is 31.3 Å². The molecule has 0 saturated heterocycles. The number of sulfone groups is 1. The van der Waals surface area contributed by atoms with E-state index in [1.54, 1.807) is 0 Å². The van der Waals surface area contributed by atoms with Crippen molar-refractivity contribution in [2.45, 2.75) is 31.3 Å². The van der Waals surface area contributed by atoms with E-state index in [2.05, 4.69) is 25.6 Å². The number of nitrogens with one attached hydrogen (secondary N) is 2. The maximum Gasteiger partial charge on any atom is 0.257 e. The molecule has 0 spiro atoms. The number of nitrogens with zero attached hydrogens (tertiary/aromatic N) is 3. The van der Waals surface area contributed by atoms with Crippen LogP contribution >= 0.6 is 0 Å². The summed E-state index contributed by atoms with van der Waals surface area (Å²) in [6.07, 6.45) is 2.17. The third-order valence-electron chi connectivity index (χ3n) is 4.54. The van der Waals surface area contributed by atoms with Gasteiger partial charge in [-0.25, -0.2) is 23.4 Å². The SMILES string of the molecule is [2H]C([2H])([2H])Oc1cc(Nc2cc(NC(C)=O)ncc2-c2ccc3c(n2)OCC(C([2H])([2H])[2H])(C([2H])([2H])[2H])O3)nc(S(C)(=O)=O)c1. The van der Waals surface area contributed by atoms with Gasteiger partial charge in [0.2, 0.25) is 5.91 Å². The second-order valence-corrected chi connectivity index (χ2v) is 9.50. The molecule has 0 unspecified atom stereocenters. The first-order valence-electron chi connectivity index (χ1n) is 14.4. The quantitative estimate of drug-likeness (QED) is 0.510. The Labute approximate surface area is 215 Å². The summed E-state index contributed by atoms with van der Waals surface area (Å²) in [6.45, 7) is -5.77. The van der Waals surface area contributed by atoms with Crippen molar-refractivity contribution in [3.63, 3.8) is 0 Å². The molecule has 3 aromatic rings. The largest absolute Gasteiger partial charge is 0.497 e. The van der Waals surface area contributed by atoms with E-state index in [1.807, 2.05) is 0 Å². The molecule has 0 fully saturated rings. The van der Waals surface area contributed by atoms with Gasteiger partial charge in [0.15, 0.2) is 20.6 Å². The molecule has 12 heteroatoms. The van der Waals surface area contributed by atoms with Crippen LogP contribution in [0, 0.1) is 0 Å². The third-order valence-corrected chi connectivity index (χ3v) is 5.51. The Morgan fingerprint density at radius 3 is 2.74 bits per heavy atom. The number of amides is 1. The Hall–Kier alpha value is -3.93. The molecule has 0 saturated carbocycles. The Morgan fingerprint density at radius 2 is 2.03 bits per heavy atom. The lowest BCUT2D eigenvalue weighted by Gasteiger charge is -2.31. The van der Waals surface area contributed by atoms with Gasteiger partial charge in [0, 0.05) is 51.4 Å². The fourth-order valence-electron chi connectivity index (χ4n) is 3.09. The first kappa shape index (κ1) is 15.1. The number of methoxy groups -OCH3 is 1. The number of hydrogen-bond donors (Lipinski definition) is 2. The van der Waals surface area contributed by atoms with Crippen molar-refractivity contribution in [1.29, 1.82) is 0 Å². The van der Waals surface area contributed by atoms with Gasteiger partial charge in [0.25, 0.3) is 5.88 Å². The van der Waals surface area contributed by atoms with Gasteiger partial charge in [-0.15, -0.1) is 0 Å². The lowest BCUT2D eigenvalue weighted by atomic mass is 10.1. The molecule has 0 aliphatic carbocycles. The van der Waals surface area contributed by atoms with Gasteiger partial charge in [0.05, 0.1) is 22.5 Å². The summed E-state index contributed by atoms with van der Waals surface area (Å²) in [6, 6.07) is 6.08. The van der Waals surface area contributed by atoms with Crippen molar-refractivity contribution >= 4 is 33.1 Å². The highest BCUT2D eigenvalue weighted by atomic mass is 32.2. The molecule has 0 atom stereocenters. The lowest BCUT2D eigenvalue weighted by molar-refractivity contribution is -0.114. The minimum atomic E-state index is -3.93. The first-order chi connectivity index (χ1) is 20.1. The maximum absolute atomic E-state index is 12.3. The second-order valence-electron chi connectivity index (χ2n) is 7.54. The first-order valence-corrected chi connectivity index (χ1v) is 11.8. The van der Waals surface area contributed by atoms with Gasteiger partial charge in [-0.3, -0.25) is 4.79 Å². The van der Waals surface area contributed by atoms with Crippen LogP contribution in [0.1, 0.15) is 33.0 Å². The molecular weight excluding hydrogens is 474 g/mol. The monoisotopic (exact) mass is 508 g/mol. The van der Waals surface area contributed by atoms with Gasteiger partial charge >= 0.3 is 0 Å². The van der Waals surface area contributed by atoms with Crippen LogP contribution in [0.2, 0.25) is 0 Å². The number of aromatic nitrogens is 3. The molecule has 0 aromatic carbocycles. The average molecular weight is 509 g/mol. The lowest BCUT2D eigenvalue weighted by Crippen LogP contribution is -2.39. The van der Waals surface area contributed by atoms with Crippen molar-refractivity contribution in [2.75, 3.05) is 30.5 Å². The fraction of sp³-hybridized carbons (Fsp3) is 0.304. The molecule has 4 heterocycles. The number of anilines is 3. The molecule has 3 aromatic heterocycles. The van der Waals surface area contributed by atoms with E-state index in [0.29, 0.717) is 0 Å². The van der Waals surface area contributed by atoms with Crippen LogP contribution in [-0.2, 0) is 14.6 Å². The van der Waals surface area contributed by atoms with Gasteiger partial charge in [-0.1, -0.05) is 0 Å². The number of fused-ring (bicyclic) bond motifs is 1. The van der Waals surface area contributed by atoms with E-state index < -0.39 is 53.7 Å². The van der Waals surface area contributed by atoms with Crippen LogP contribution in [0.3, 0.4) is 0 Å². The Kier molecular flexibility index (Phi) is 3.90. The Morgan fingerprint density at radius 1 is 1.20 bits per heavy atom. The topological polar surface area (TPSA) is 142 Å². The number of rotatable bonds is 6. The Bertz CT molecular complexity index is 1700. The minimum absolute atomic E-state index is 0.0691. The molecule has 0 radical (unpaired) electrons. The third kappa shape index (κ3) is 5.60. The zero-order valence-corrected chi connectivity index (χ0v) is 19.2. The van der Waals surface area contributed by atoms with E-state index in [-0.39, 0.29) is 46.0 Å². The highest BCUT2D eigenvalue weighted by Crippen LogP contribution is 2.38. The minimum Gasteiger partial charge on any atom is -0.497 e. The van der Waals surface area contributed by atoms with E-state index in [4.69, 9.17) is 26.5 Å². The summed E-state index contributed by atoms with van der Waals surface area (Å²) < 4.78 is 109. The van der Waals surface area contributed by atoms with Crippen molar-refractivity contribution in [3.05, 3.63) is 36.5 Å². The summed E-state index contributed by atoms with van der Waals surface area (Å²) in [7, 11) is -6.83. The molecular formula is C23H25N5O6S. The standard InChI is InChI=1S/C23H25N5O6S/c1-13(29)25-19-10-17(26-20-8-14(32-4)9-21(28-20)35(5,30)31)15(11-24-19)16-6-7-18-22(27-16)33-12-23(2,3)34-18/h6-11H,12H2,1-5H3,(H2,24,25,26,28,29)/i2D3,3D3,4D3. The maximum atomic E-state index is 12.3. The average Bonchev–Trinajstić information content (AvgIpc) is 2.85. The number of hydrogen-bond acceptors (Lipinski definition) is 10. The molecule has 1 aliphatic rings. The molecule has 11 nitrogen and oxygen atoms in total. The van der Waals surface area contributed by atoms with Crippen LogP contribution in [0.5, 0.6) is 17.4 Å². The van der Waals surface area contributed by atoms with Gasteiger partial charge in [-0.2, -0.15) is 0 Å². The zero-order chi connectivity index (χ0) is 32.9. The molecule has 2 N–H and O–H groups in total. The molecule has 184 valence electrons. The summed E-state index contributed by atoms with van der Waals surface area (Å²) in [4.78, 5) is 24.2. The summed E-state index contributed by atoms with van der Waals surface area (Å²) in [5.74, 6) is -1.32. The fourth-order valence-corrected chi connectivity index (χ4v) is 3.68. The summed E-state index contributed by atoms with van der Waals surface area (Å²) >= 11 is 0. The van der Waals surface area contributed by atoms with Gasteiger partial charge in [0.1, 0.15) is 29.6 Å². The molecule has 1 amide bonds. The van der Waals surface area contributed by atoms with Crippen molar-refractivity contribution in [3.8, 4) is 28.6 Å². The Balaban J connectivity index is 1.80. The van der Waals surface area contributed by atoms with E-state index >= 15 is 0 Å². The van der Waals surface area contributed by atoms with Crippen molar-refractivity contribution in [2.24, 2.45) is 0 Å². The van der Waals surface area contributed by atoms with Crippen molar-refractivity contribution in [1.82, 2.24) is 15.0 Å². The smallest absolute Gasteiger partial charge is 0.257 e. The second kappa shape index (κ2) is 9.02. The van der Waals surface area contributed by atoms with Crippen molar-refractivity contribution < 1.29 is 39.8 Å².